The van der Waals surface area contributed by atoms with E-state index in [1.165, 1.54) is 18.5 Å². The van der Waals surface area contributed by atoms with Gasteiger partial charge in [0.2, 0.25) is 0 Å². The van der Waals surface area contributed by atoms with Gasteiger partial charge in [-0.25, -0.2) is 0 Å². The van der Waals surface area contributed by atoms with Crippen molar-refractivity contribution in [2.75, 3.05) is 32.6 Å². The van der Waals surface area contributed by atoms with Gasteiger partial charge in [-0.05, 0) is 38.9 Å². The monoisotopic (exact) mass is 236 g/mol. The molecule has 0 aliphatic carbocycles. The van der Waals surface area contributed by atoms with Crippen LogP contribution in [-0.4, -0.2) is 33.8 Å². The molecule has 0 aliphatic heterocycles. The average Bonchev–Trinajstić information content (AvgIpc) is 2.38. The number of hydrogen-bond donors (Lipinski definition) is 1. The SMILES string of the molecule is CNC(C)CCCN(C)c1cccc(OC)c1. The summed E-state index contributed by atoms with van der Waals surface area (Å²) in [7, 11) is 5.84. The van der Waals surface area contributed by atoms with Crippen molar-refractivity contribution < 1.29 is 4.74 Å². The van der Waals surface area contributed by atoms with Gasteiger partial charge in [0.25, 0.3) is 0 Å². The minimum absolute atomic E-state index is 0.591. The summed E-state index contributed by atoms with van der Waals surface area (Å²) in [5.41, 5.74) is 1.21. The van der Waals surface area contributed by atoms with Crippen molar-refractivity contribution in [3.63, 3.8) is 0 Å². The van der Waals surface area contributed by atoms with Crippen LogP contribution in [0.1, 0.15) is 19.8 Å². The maximum absolute atomic E-state index is 5.23. The highest BCUT2D eigenvalue weighted by molar-refractivity contribution is 5.49. The van der Waals surface area contributed by atoms with Crippen molar-refractivity contribution >= 4 is 5.69 Å². The Kier molecular flexibility index (Phi) is 5.84. The van der Waals surface area contributed by atoms with E-state index >= 15 is 0 Å². The highest BCUT2D eigenvalue weighted by atomic mass is 16.5. The van der Waals surface area contributed by atoms with Crippen LogP contribution in [0.25, 0.3) is 0 Å². The number of hydrogen-bond acceptors (Lipinski definition) is 3. The van der Waals surface area contributed by atoms with Crippen molar-refractivity contribution in [2.24, 2.45) is 0 Å². The third-order valence-corrected chi connectivity index (χ3v) is 3.12. The predicted octanol–water partition coefficient (Wildman–Crippen LogP) is 2.52. The van der Waals surface area contributed by atoms with E-state index < -0.39 is 0 Å². The number of ether oxygens (including phenoxy) is 1. The first-order chi connectivity index (χ1) is 8.17. The van der Waals surface area contributed by atoms with E-state index in [0.29, 0.717) is 6.04 Å². The van der Waals surface area contributed by atoms with Gasteiger partial charge in [-0.3, -0.25) is 0 Å². The summed E-state index contributed by atoms with van der Waals surface area (Å²) in [5.74, 6) is 0.915. The van der Waals surface area contributed by atoms with Crippen LogP contribution in [0.5, 0.6) is 5.75 Å². The van der Waals surface area contributed by atoms with Crippen molar-refractivity contribution in [1.82, 2.24) is 5.32 Å². The zero-order valence-corrected chi connectivity index (χ0v) is 11.4. The van der Waals surface area contributed by atoms with Crippen LogP contribution in [-0.2, 0) is 0 Å². The highest BCUT2D eigenvalue weighted by Gasteiger charge is 2.03. The molecule has 0 heterocycles. The van der Waals surface area contributed by atoms with Crippen molar-refractivity contribution in [3.05, 3.63) is 24.3 Å². The Balaban J connectivity index is 2.43. The number of anilines is 1. The fourth-order valence-electron chi connectivity index (χ4n) is 1.76. The van der Waals surface area contributed by atoms with Crippen molar-refractivity contribution in [2.45, 2.75) is 25.8 Å². The first kappa shape index (κ1) is 13.8. The minimum Gasteiger partial charge on any atom is -0.497 e. The zero-order chi connectivity index (χ0) is 12.7. The molecule has 1 atom stereocenters. The van der Waals surface area contributed by atoms with E-state index in [4.69, 9.17) is 4.74 Å². The first-order valence-corrected chi connectivity index (χ1v) is 6.20. The second kappa shape index (κ2) is 7.17. The molecule has 1 rings (SSSR count). The fraction of sp³-hybridized carbons (Fsp3) is 0.571. The Morgan fingerprint density at radius 3 is 2.82 bits per heavy atom. The molecule has 1 aromatic rings. The largest absolute Gasteiger partial charge is 0.497 e. The molecule has 0 saturated carbocycles. The zero-order valence-electron chi connectivity index (χ0n) is 11.4. The number of rotatable bonds is 7. The van der Waals surface area contributed by atoms with Crippen molar-refractivity contribution in [1.29, 1.82) is 0 Å². The first-order valence-electron chi connectivity index (χ1n) is 6.20. The van der Waals surface area contributed by atoms with E-state index in [2.05, 4.69) is 36.3 Å². The fourth-order valence-corrected chi connectivity index (χ4v) is 1.76. The van der Waals surface area contributed by atoms with E-state index in [9.17, 15) is 0 Å². The molecule has 0 spiro atoms. The Morgan fingerprint density at radius 2 is 2.18 bits per heavy atom. The van der Waals surface area contributed by atoms with Crippen LogP contribution in [0.3, 0.4) is 0 Å². The molecule has 0 fully saturated rings. The molecule has 96 valence electrons. The lowest BCUT2D eigenvalue weighted by atomic mass is 10.2. The van der Waals surface area contributed by atoms with Gasteiger partial charge in [-0.15, -0.1) is 0 Å². The van der Waals surface area contributed by atoms with Gasteiger partial charge in [0.05, 0.1) is 7.11 Å². The summed E-state index contributed by atoms with van der Waals surface area (Å²) < 4.78 is 5.23. The molecule has 1 unspecified atom stereocenters. The standard InChI is InChI=1S/C14H24N2O/c1-12(15-2)7-6-10-16(3)13-8-5-9-14(11-13)17-4/h5,8-9,11-12,15H,6-7,10H2,1-4H3. The smallest absolute Gasteiger partial charge is 0.120 e. The Morgan fingerprint density at radius 1 is 1.41 bits per heavy atom. The summed E-state index contributed by atoms with van der Waals surface area (Å²) >= 11 is 0. The Bertz CT molecular complexity index is 328. The molecule has 0 amide bonds. The summed E-state index contributed by atoms with van der Waals surface area (Å²) in [4.78, 5) is 2.27. The molecule has 0 saturated heterocycles. The molecular formula is C14H24N2O. The lowest BCUT2D eigenvalue weighted by Gasteiger charge is -2.20. The van der Waals surface area contributed by atoms with E-state index in [1.54, 1.807) is 7.11 Å². The molecule has 17 heavy (non-hydrogen) atoms. The molecule has 0 bridgehead atoms. The van der Waals surface area contributed by atoms with E-state index in [-0.39, 0.29) is 0 Å². The van der Waals surface area contributed by atoms with Crippen LogP contribution in [0, 0.1) is 0 Å². The quantitative estimate of drug-likeness (QED) is 0.787. The van der Waals surface area contributed by atoms with Crippen LogP contribution >= 0.6 is 0 Å². The molecule has 0 aromatic heterocycles. The Labute approximate surface area is 105 Å². The lowest BCUT2D eigenvalue weighted by molar-refractivity contribution is 0.415. The van der Waals surface area contributed by atoms with Gasteiger partial charge in [0.1, 0.15) is 5.75 Å². The molecular weight excluding hydrogens is 212 g/mol. The maximum atomic E-state index is 5.23. The summed E-state index contributed by atoms with van der Waals surface area (Å²) in [6.45, 7) is 3.28. The third-order valence-electron chi connectivity index (χ3n) is 3.12. The normalized spacial score (nSPS) is 12.2. The van der Waals surface area contributed by atoms with Crippen LogP contribution < -0.4 is 15.0 Å². The summed E-state index contributed by atoms with van der Waals surface area (Å²) in [6, 6.07) is 8.78. The van der Waals surface area contributed by atoms with Crippen LogP contribution in [0.4, 0.5) is 5.69 Å². The average molecular weight is 236 g/mol. The molecule has 3 heteroatoms. The minimum atomic E-state index is 0.591. The molecule has 0 aliphatic rings. The van der Waals surface area contributed by atoms with Gasteiger partial charge in [-0.2, -0.15) is 0 Å². The number of nitrogens with one attached hydrogen (secondary N) is 1. The van der Waals surface area contributed by atoms with E-state index in [1.807, 2.05) is 19.2 Å². The predicted molar refractivity (Wildman–Crippen MR) is 74.0 cm³/mol. The van der Waals surface area contributed by atoms with Gasteiger partial charge in [-0.1, -0.05) is 6.07 Å². The number of methoxy groups -OCH3 is 1. The summed E-state index contributed by atoms with van der Waals surface area (Å²) in [5, 5.41) is 3.26. The number of benzene rings is 1. The van der Waals surface area contributed by atoms with Crippen LogP contribution in [0.15, 0.2) is 24.3 Å². The summed E-state index contributed by atoms with van der Waals surface area (Å²) in [6.07, 6.45) is 2.39. The van der Waals surface area contributed by atoms with Gasteiger partial charge in [0.15, 0.2) is 0 Å². The topological polar surface area (TPSA) is 24.5 Å². The third kappa shape index (κ3) is 4.65. The molecule has 1 N–H and O–H groups in total. The second-order valence-electron chi connectivity index (χ2n) is 4.45. The maximum Gasteiger partial charge on any atom is 0.120 e. The Hall–Kier alpha value is -1.22. The molecule has 1 aromatic carbocycles. The van der Waals surface area contributed by atoms with Crippen LogP contribution in [0.2, 0.25) is 0 Å². The van der Waals surface area contributed by atoms with Gasteiger partial charge < -0.3 is 15.0 Å². The van der Waals surface area contributed by atoms with Crippen molar-refractivity contribution in [3.8, 4) is 5.75 Å². The van der Waals surface area contributed by atoms with Gasteiger partial charge in [0, 0.05) is 31.4 Å². The lowest BCUT2D eigenvalue weighted by Crippen LogP contribution is -2.24. The number of nitrogens with zero attached hydrogens (tertiary/aromatic N) is 1. The molecule has 3 nitrogen and oxygen atoms in total. The second-order valence-corrected chi connectivity index (χ2v) is 4.45. The highest BCUT2D eigenvalue weighted by Crippen LogP contribution is 2.20. The van der Waals surface area contributed by atoms with Gasteiger partial charge >= 0.3 is 0 Å². The van der Waals surface area contributed by atoms with E-state index in [0.717, 1.165) is 12.3 Å². The molecule has 0 radical (unpaired) electrons.